The Hall–Kier alpha value is -2.58. The number of anilines is 1. The molecule has 148 valence electrons. The van der Waals surface area contributed by atoms with Crippen LogP contribution in [0.25, 0.3) is 11.6 Å². The van der Waals surface area contributed by atoms with Crippen molar-refractivity contribution in [1.29, 1.82) is 0 Å². The number of hydrogen-bond acceptors (Lipinski definition) is 5. The molecule has 0 aliphatic carbocycles. The van der Waals surface area contributed by atoms with Crippen LogP contribution < -0.4 is 5.32 Å². The van der Waals surface area contributed by atoms with E-state index in [2.05, 4.69) is 37.2 Å². The minimum atomic E-state index is -0.228. The van der Waals surface area contributed by atoms with Crippen LogP contribution in [0.1, 0.15) is 21.5 Å². The number of nitrogens with one attached hydrogen (secondary N) is 1. The molecule has 0 fully saturated rings. The Morgan fingerprint density at radius 1 is 1.21 bits per heavy atom. The molecule has 0 saturated carbocycles. The van der Waals surface area contributed by atoms with E-state index >= 15 is 0 Å². The van der Waals surface area contributed by atoms with Crippen LogP contribution in [0.3, 0.4) is 0 Å². The van der Waals surface area contributed by atoms with Crippen molar-refractivity contribution in [3.63, 3.8) is 0 Å². The summed E-state index contributed by atoms with van der Waals surface area (Å²) in [7, 11) is 1.95. The van der Waals surface area contributed by atoms with Gasteiger partial charge in [-0.15, -0.1) is 0 Å². The van der Waals surface area contributed by atoms with Crippen LogP contribution in [0.15, 0.2) is 51.7 Å². The number of carbonyl (C=O) groups is 2. The van der Waals surface area contributed by atoms with E-state index in [1.165, 1.54) is 0 Å². The summed E-state index contributed by atoms with van der Waals surface area (Å²) in [4.78, 5) is 29.2. The number of aromatic hydroxyl groups is 1. The topological polar surface area (TPSA) is 72.9 Å². The molecule has 4 rings (SSSR count). The Kier molecular flexibility index (Phi) is 5.23. The van der Waals surface area contributed by atoms with Gasteiger partial charge in [0.05, 0.1) is 22.2 Å². The molecule has 2 aromatic rings. The molecule has 8 heteroatoms. The summed E-state index contributed by atoms with van der Waals surface area (Å²) in [5.41, 5.74) is 3.13. The number of nitrogens with zero attached hydrogens (tertiary/aromatic N) is 2. The van der Waals surface area contributed by atoms with Gasteiger partial charge in [-0.3, -0.25) is 9.59 Å². The molecule has 2 aromatic carbocycles. The first-order valence-electron chi connectivity index (χ1n) is 8.83. The van der Waals surface area contributed by atoms with Crippen LogP contribution in [-0.4, -0.2) is 46.9 Å². The number of fused-ring (bicyclic) bond motifs is 1. The summed E-state index contributed by atoms with van der Waals surface area (Å²) in [6.07, 6.45) is 5.55. The molecule has 1 amide bonds. The zero-order chi connectivity index (χ0) is 20.7. The van der Waals surface area contributed by atoms with Crippen LogP contribution in [0.5, 0.6) is 5.75 Å². The third-order valence-corrected chi connectivity index (χ3v) is 5.97. The van der Waals surface area contributed by atoms with E-state index in [-0.39, 0.29) is 24.0 Å². The van der Waals surface area contributed by atoms with Crippen molar-refractivity contribution in [2.24, 2.45) is 0 Å². The highest BCUT2D eigenvalue weighted by atomic mass is 79.9. The predicted octanol–water partition coefficient (Wildman–Crippen LogP) is 4.27. The first-order chi connectivity index (χ1) is 13.8. The molecule has 2 N–H and O–H groups in total. The highest BCUT2D eigenvalue weighted by Gasteiger charge is 2.26. The SMILES string of the molecule is CN1C=CN(CC(=O)c2ccc3c(c2)C(=Cc2cc(Br)c(O)c(Br)c2)C(=O)N3)C1. The van der Waals surface area contributed by atoms with Gasteiger partial charge in [0.25, 0.3) is 5.91 Å². The molecule has 0 bridgehead atoms. The van der Waals surface area contributed by atoms with Crippen molar-refractivity contribution < 1.29 is 14.7 Å². The third-order valence-electron chi connectivity index (χ3n) is 4.76. The first kappa shape index (κ1) is 19.7. The number of halogens is 2. The molecule has 0 aromatic heterocycles. The zero-order valence-corrected chi connectivity index (χ0v) is 18.6. The van der Waals surface area contributed by atoms with Crippen molar-refractivity contribution in [2.75, 3.05) is 25.6 Å². The number of amides is 1. The second-order valence-electron chi connectivity index (χ2n) is 6.97. The highest BCUT2D eigenvalue weighted by molar-refractivity contribution is 9.11. The smallest absolute Gasteiger partial charge is 0.256 e. The number of hydrogen-bond donors (Lipinski definition) is 2. The van der Waals surface area contributed by atoms with Crippen molar-refractivity contribution in [2.45, 2.75) is 0 Å². The van der Waals surface area contributed by atoms with Crippen LogP contribution in [-0.2, 0) is 4.79 Å². The summed E-state index contributed by atoms with van der Waals surface area (Å²) in [6.45, 7) is 0.949. The van der Waals surface area contributed by atoms with E-state index in [1.54, 1.807) is 36.4 Å². The van der Waals surface area contributed by atoms with Gasteiger partial charge in [0.1, 0.15) is 5.75 Å². The van der Waals surface area contributed by atoms with Crippen LogP contribution in [0, 0.1) is 0 Å². The van der Waals surface area contributed by atoms with Gasteiger partial charge in [0.2, 0.25) is 0 Å². The van der Waals surface area contributed by atoms with E-state index < -0.39 is 0 Å². The monoisotopic (exact) mass is 517 g/mol. The number of carbonyl (C=O) groups excluding carboxylic acids is 2. The molecule has 0 atom stereocenters. The number of benzene rings is 2. The van der Waals surface area contributed by atoms with Gasteiger partial charge in [-0.1, -0.05) is 0 Å². The fourth-order valence-corrected chi connectivity index (χ4v) is 4.53. The molecular formula is C21H17Br2N3O3. The molecule has 6 nitrogen and oxygen atoms in total. The summed E-state index contributed by atoms with van der Waals surface area (Å²) in [6, 6.07) is 8.71. The number of phenolic OH excluding ortho intramolecular Hbond substituents is 1. The van der Waals surface area contributed by atoms with Crippen molar-refractivity contribution in [1.82, 2.24) is 9.80 Å². The van der Waals surface area contributed by atoms with Crippen LogP contribution in [0.2, 0.25) is 0 Å². The molecular weight excluding hydrogens is 502 g/mol. The second-order valence-corrected chi connectivity index (χ2v) is 8.68. The maximum absolute atomic E-state index is 12.7. The molecule has 0 saturated heterocycles. The molecule has 0 radical (unpaired) electrons. The lowest BCUT2D eigenvalue weighted by atomic mass is 10.00. The Labute approximate surface area is 184 Å². The van der Waals surface area contributed by atoms with Crippen molar-refractivity contribution in [3.8, 4) is 5.75 Å². The highest BCUT2D eigenvalue weighted by Crippen LogP contribution is 2.37. The van der Waals surface area contributed by atoms with E-state index in [1.807, 2.05) is 29.2 Å². The fourth-order valence-electron chi connectivity index (χ4n) is 3.31. The Bertz CT molecular complexity index is 1070. The maximum Gasteiger partial charge on any atom is 0.256 e. The van der Waals surface area contributed by atoms with Gasteiger partial charge < -0.3 is 20.2 Å². The van der Waals surface area contributed by atoms with Crippen molar-refractivity contribution in [3.05, 3.63) is 68.4 Å². The first-order valence-corrected chi connectivity index (χ1v) is 10.4. The minimum Gasteiger partial charge on any atom is -0.506 e. The molecule has 2 heterocycles. The number of ketones is 1. The van der Waals surface area contributed by atoms with Crippen LogP contribution in [0.4, 0.5) is 5.69 Å². The second kappa shape index (κ2) is 7.68. The van der Waals surface area contributed by atoms with Crippen molar-refractivity contribution >= 4 is 60.9 Å². The Balaban J connectivity index is 1.65. The van der Waals surface area contributed by atoms with Gasteiger partial charge in [-0.05, 0) is 73.8 Å². The van der Waals surface area contributed by atoms with E-state index in [0.717, 1.165) is 5.56 Å². The molecule has 2 aliphatic heterocycles. The average Bonchev–Trinajstić information content (AvgIpc) is 3.22. The molecule has 2 aliphatic rings. The Morgan fingerprint density at radius 2 is 1.93 bits per heavy atom. The molecule has 0 spiro atoms. The number of phenols is 1. The van der Waals surface area contributed by atoms with E-state index in [0.29, 0.717) is 38.0 Å². The summed E-state index contributed by atoms with van der Waals surface area (Å²) >= 11 is 6.60. The lowest BCUT2D eigenvalue weighted by Gasteiger charge is -2.17. The van der Waals surface area contributed by atoms with Crippen LogP contribution >= 0.6 is 31.9 Å². The standard InChI is InChI=1S/C21H17Br2N3O3/c1-25-4-5-26(11-25)10-19(27)13-2-3-18-14(9-13)15(21(29)24-18)6-12-7-16(22)20(28)17(23)8-12/h2-9,28H,10-11H2,1H3,(H,24,29). The third kappa shape index (κ3) is 3.95. The van der Waals surface area contributed by atoms with Gasteiger partial charge in [0.15, 0.2) is 5.78 Å². The Morgan fingerprint density at radius 3 is 2.59 bits per heavy atom. The lowest BCUT2D eigenvalue weighted by molar-refractivity contribution is -0.110. The number of rotatable bonds is 4. The summed E-state index contributed by atoms with van der Waals surface area (Å²) in [5, 5.41) is 12.7. The number of Topliss-reactive ketones (excluding diaryl/α,β-unsaturated/α-hetero) is 1. The summed E-state index contributed by atoms with van der Waals surface area (Å²) in [5.74, 6) is -0.145. The summed E-state index contributed by atoms with van der Waals surface area (Å²) < 4.78 is 1.04. The quantitative estimate of drug-likeness (QED) is 0.467. The fraction of sp³-hybridized carbons (Fsp3) is 0.143. The van der Waals surface area contributed by atoms with Gasteiger partial charge in [-0.2, -0.15) is 0 Å². The average molecular weight is 519 g/mol. The molecule has 29 heavy (non-hydrogen) atoms. The van der Waals surface area contributed by atoms with Gasteiger partial charge >= 0.3 is 0 Å². The van der Waals surface area contributed by atoms with Gasteiger partial charge in [0, 0.05) is 41.8 Å². The zero-order valence-electron chi connectivity index (χ0n) is 15.4. The normalized spacial score (nSPS) is 16.5. The predicted molar refractivity (Wildman–Crippen MR) is 119 cm³/mol. The van der Waals surface area contributed by atoms with Gasteiger partial charge in [-0.25, -0.2) is 0 Å². The van der Waals surface area contributed by atoms with E-state index in [9.17, 15) is 14.7 Å². The minimum absolute atomic E-state index is 0.0124. The maximum atomic E-state index is 12.7. The molecule has 0 unspecified atom stereocenters. The lowest BCUT2D eigenvalue weighted by Crippen LogP contribution is -2.28. The van der Waals surface area contributed by atoms with E-state index in [4.69, 9.17) is 0 Å². The largest absolute Gasteiger partial charge is 0.506 e.